The van der Waals surface area contributed by atoms with Gasteiger partial charge in [0.25, 0.3) is 11.8 Å². The van der Waals surface area contributed by atoms with Crippen molar-refractivity contribution in [3.05, 3.63) is 98.3 Å². The molecule has 8 heterocycles. The number of carbonyl (C=O) groups is 2. The van der Waals surface area contributed by atoms with Crippen LogP contribution in [0.4, 0.5) is 11.4 Å². The predicted molar refractivity (Wildman–Crippen MR) is 231 cm³/mol. The van der Waals surface area contributed by atoms with E-state index in [9.17, 15) is 30.6 Å². The molecule has 6 aromatic heterocycles. The molecule has 0 aliphatic carbocycles. The molecule has 2 aliphatic heterocycles. The number of hydrogen-bond donors (Lipinski definition) is 0. The van der Waals surface area contributed by atoms with Gasteiger partial charge in [0, 0.05) is 50.4 Å². The molecule has 8 rings (SSSR count). The fourth-order valence-electron chi connectivity index (χ4n) is 6.65. The molecule has 0 unspecified atom stereocenters. The Morgan fingerprint density at radius 1 is 0.536 bits per heavy atom. The molecule has 0 bridgehead atoms. The van der Waals surface area contributed by atoms with Crippen LogP contribution in [0.25, 0.3) is 54.0 Å². The molecule has 2 aliphatic rings. The van der Waals surface area contributed by atoms with Crippen molar-refractivity contribution in [3.63, 3.8) is 0 Å². The highest BCUT2D eigenvalue weighted by molar-refractivity contribution is 7.25. The zero-order valence-electron chi connectivity index (χ0n) is 30.0. The summed E-state index contributed by atoms with van der Waals surface area (Å²) in [6.07, 6.45) is 4.07. The first-order valence-corrected chi connectivity index (χ1v) is 22.1. The Hall–Kier alpha value is -5.68. The van der Waals surface area contributed by atoms with Crippen LogP contribution >= 0.6 is 68.0 Å². The minimum Gasteiger partial charge on any atom is -0.304 e. The summed E-state index contributed by atoms with van der Waals surface area (Å²) in [6.45, 7) is 7.94. The van der Waals surface area contributed by atoms with E-state index in [0.29, 0.717) is 20.2 Å². The van der Waals surface area contributed by atoms with E-state index in [1.807, 2.05) is 88.4 Å². The standard InChI is InChI=1S/C42H26N6O2S6/c1-21(2)47-29-15-35(33-11-7-27(53-33)13-25-5-9-31(51-25)23(17-43)18-44)55-39(29)37(41(47)49)38-40-30(48(22(3)4)42(38)50)16-36(56-40)34-12-8-28(54-34)14-26-6-10-32(52-26)24(19-45)20-46/h5-16,21-22H,1-4H3/b25-13+,26-14+,38-37+. The smallest absolute Gasteiger partial charge is 0.260 e. The van der Waals surface area contributed by atoms with Crippen LogP contribution in [-0.2, 0) is 9.59 Å². The van der Waals surface area contributed by atoms with Crippen molar-refractivity contribution < 1.29 is 9.59 Å². The first-order valence-electron chi connectivity index (χ1n) is 17.2. The van der Waals surface area contributed by atoms with Crippen LogP contribution in [0.3, 0.4) is 0 Å². The van der Waals surface area contributed by atoms with Gasteiger partial charge in [0.15, 0.2) is 0 Å². The SMILES string of the molecule is CC(C)N1C(=O)/C(=C2/C(=O)N(C(C)C)c3cc(-c4ccc(/C=c5\ccc(=C(C#N)C#N)s5)s4)sc32)c2sc(-c3ccc(/C=c4\ccc(=C(C#N)C#N)s4)s3)cc21. The predicted octanol–water partition coefficient (Wildman–Crippen LogP) is 7.86. The van der Waals surface area contributed by atoms with Gasteiger partial charge in [-0.2, -0.15) is 21.0 Å². The Balaban J connectivity index is 1.20. The zero-order chi connectivity index (χ0) is 39.4. The number of rotatable bonds is 6. The van der Waals surface area contributed by atoms with Gasteiger partial charge in [-0.1, -0.05) is 0 Å². The van der Waals surface area contributed by atoms with Gasteiger partial charge in [-0.15, -0.1) is 68.0 Å². The molecule has 56 heavy (non-hydrogen) atoms. The summed E-state index contributed by atoms with van der Waals surface area (Å²) >= 11 is 9.08. The van der Waals surface area contributed by atoms with Crippen LogP contribution in [0.1, 0.15) is 47.2 Å². The van der Waals surface area contributed by atoms with Crippen molar-refractivity contribution in [1.82, 2.24) is 0 Å². The van der Waals surface area contributed by atoms with Gasteiger partial charge in [0.05, 0.1) is 41.3 Å². The molecule has 0 saturated carbocycles. The van der Waals surface area contributed by atoms with Crippen LogP contribution in [-0.4, -0.2) is 23.9 Å². The van der Waals surface area contributed by atoms with Gasteiger partial charge < -0.3 is 9.80 Å². The fraction of sp³-hybridized carbons (Fsp3) is 0.143. The maximum absolute atomic E-state index is 14.4. The summed E-state index contributed by atoms with van der Waals surface area (Å²) in [4.78, 5) is 40.1. The second-order valence-corrected chi connectivity index (χ2v) is 19.8. The topological polar surface area (TPSA) is 136 Å². The molecule has 0 atom stereocenters. The van der Waals surface area contributed by atoms with Gasteiger partial charge in [-0.05, 0) is 101 Å². The Labute approximate surface area is 345 Å². The van der Waals surface area contributed by atoms with Gasteiger partial charge in [0.2, 0.25) is 0 Å². The van der Waals surface area contributed by atoms with E-state index in [1.165, 1.54) is 45.3 Å². The minimum absolute atomic E-state index is 0.0973. The average molecular weight is 839 g/mol. The highest BCUT2D eigenvalue weighted by Gasteiger charge is 2.46. The van der Waals surface area contributed by atoms with Crippen LogP contribution in [0.5, 0.6) is 0 Å². The highest BCUT2D eigenvalue weighted by atomic mass is 32.1. The van der Waals surface area contributed by atoms with E-state index < -0.39 is 0 Å². The summed E-state index contributed by atoms with van der Waals surface area (Å²) in [5, 5.41) is 37.0. The fourth-order valence-corrected chi connectivity index (χ4v) is 13.1. The Morgan fingerprint density at radius 3 is 1.29 bits per heavy atom. The highest BCUT2D eigenvalue weighted by Crippen LogP contribution is 2.55. The molecule has 6 aromatic rings. The third kappa shape index (κ3) is 6.37. The lowest BCUT2D eigenvalue weighted by Gasteiger charge is -2.22. The third-order valence-corrected chi connectivity index (χ3v) is 15.9. The van der Waals surface area contributed by atoms with E-state index >= 15 is 0 Å². The molecular formula is C42H26N6O2S6. The lowest BCUT2D eigenvalue weighted by molar-refractivity contribution is -0.115. The quantitative estimate of drug-likeness (QED) is 0.157. The van der Waals surface area contributed by atoms with Gasteiger partial charge in [-0.3, -0.25) is 9.59 Å². The summed E-state index contributed by atoms with van der Waals surface area (Å²) in [5.41, 5.74) is 2.71. The Bertz CT molecular complexity index is 2870. The van der Waals surface area contributed by atoms with Crippen LogP contribution in [0.15, 0.2) is 60.7 Å². The van der Waals surface area contributed by atoms with E-state index in [2.05, 4.69) is 24.3 Å². The maximum Gasteiger partial charge on any atom is 0.260 e. The molecule has 14 heteroatoms. The summed E-state index contributed by atoms with van der Waals surface area (Å²) in [6, 6.07) is 27.3. The molecule has 0 radical (unpaired) electrons. The number of anilines is 2. The number of hydrogen-bond acceptors (Lipinski definition) is 12. The number of nitrogens with zero attached hydrogens (tertiary/aromatic N) is 6. The number of thiophene rings is 6. The number of amides is 2. The molecule has 0 fully saturated rings. The van der Waals surface area contributed by atoms with Crippen LogP contribution < -0.4 is 27.9 Å². The van der Waals surface area contributed by atoms with Crippen molar-refractivity contribution in [3.8, 4) is 43.8 Å². The second kappa shape index (κ2) is 14.8. The molecule has 2 amide bonds. The van der Waals surface area contributed by atoms with Gasteiger partial charge in [0.1, 0.15) is 35.4 Å². The minimum atomic E-state index is -0.168. The lowest BCUT2D eigenvalue weighted by Crippen LogP contribution is -2.35. The zero-order valence-corrected chi connectivity index (χ0v) is 34.9. The van der Waals surface area contributed by atoms with Gasteiger partial charge in [-0.25, -0.2) is 0 Å². The third-order valence-electron chi connectivity index (χ3n) is 9.05. The average Bonchev–Trinajstić information content (AvgIpc) is 4.01. The van der Waals surface area contributed by atoms with E-state index in [4.69, 9.17) is 0 Å². The normalized spacial score (nSPS) is 15.4. The van der Waals surface area contributed by atoms with Crippen molar-refractivity contribution in [1.29, 1.82) is 21.0 Å². The molecule has 8 nitrogen and oxygen atoms in total. The van der Waals surface area contributed by atoms with E-state index in [1.54, 1.807) is 44.6 Å². The monoisotopic (exact) mass is 838 g/mol. The molecular weight excluding hydrogens is 813 g/mol. The van der Waals surface area contributed by atoms with Crippen molar-refractivity contribution >= 4 is 126 Å². The lowest BCUT2D eigenvalue weighted by atomic mass is 10.1. The molecule has 0 N–H and O–H groups in total. The largest absolute Gasteiger partial charge is 0.304 e. The second-order valence-electron chi connectivity index (χ2n) is 13.2. The van der Waals surface area contributed by atoms with Crippen LogP contribution in [0, 0.1) is 45.3 Å². The maximum atomic E-state index is 14.4. The summed E-state index contributed by atoms with van der Waals surface area (Å²) in [5.74, 6) is -0.336. The number of carbonyl (C=O) groups excluding carboxylic acids is 2. The molecule has 0 saturated heterocycles. The van der Waals surface area contributed by atoms with Crippen molar-refractivity contribution in [2.75, 3.05) is 9.80 Å². The molecule has 0 spiro atoms. The first kappa shape index (κ1) is 37.3. The van der Waals surface area contributed by atoms with E-state index in [-0.39, 0.29) is 35.0 Å². The van der Waals surface area contributed by atoms with E-state index in [0.717, 1.165) is 59.5 Å². The number of nitriles is 4. The summed E-state index contributed by atoms with van der Waals surface area (Å²) in [7, 11) is 0. The first-order chi connectivity index (χ1) is 27.0. The van der Waals surface area contributed by atoms with Gasteiger partial charge >= 0.3 is 0 Å². The summed E-state index contributed by atoms with van der Waals surface area (Å²) < 4.78 is 3.16. The number of fused-ring (bicyclic) bond motifs is 2. The Morgan fingerprint density at radius 2 is 0.929 bits per heavy atom. The van der Waals surface area contributed by atoms with Crippen molar-refractivity contribution in [2.45, 2.75) is 39.8 Å². The van der Waals surface area contributed by atoms with Crippen LogP contribution in [0.2, 0.25) is 0 Å². The molecule has 272 valence electrons. The Kier molecular flexibility index (Phi) is 9.82. The molecule has 0 aromatic carbocycles. The van der Waals surface area contributed by atoms with Crippen molar-refractivity contribution in [2.24, 2.45) is 0 Å².